The lowest BCUT2D eigenvalue weighted by atomic mass is 10.1. The molecule has 0 atom stereocenters. The third-order valence-electron chi connectivity index (χ3n) is 4.57. The first-order valence-corrected chi connectivity index (χ1v) is 9.20. The van der Waals surface area contributed by atoms with Crippen molar-refractivity contribution in [3.05, 3.63) is 65.2 Å². The minimum atomic E-state index is -0.697. The Bertz CT molecular complexity index is 1120. The molecule has 29 heavy (non-hydrogen) atoms. The van der Waals surface area contributed by atoms with Gasteiger partial charge in [-0.1, -0.05) is 12.1 Å². The van der Waals surface area contributed by atoms with Crippen molar-refractivity contribution in [1.82, 2.24) is 10.9 Å². The summed E-state index contributed by atoms with van der Waals surface area (Å²) in [5.41, 5.74) is 5.61. The number of benzene rings is 2. The van der Waals surface area contributed by atoms with Gasteiger partial charge in [0.25, 0.3) is 11.8 Å². The lowest BCUT2D eigenvalue weighted by molar-refractivity contribution is 0.0842. The van der Waals surface area contributed by atoms with E-state index in [1.165, 1.54) is 18.2 Å². The van der Waals surface area contributed by atoms with Gasteiger partial charge in [-0.25, -0.2) is 0 Å². The van der Waals surface area contributed by atoms with E-state index in [4.69, 9.17) is 9.83 Å². The quantitative estimate of drug-likeness (QED) is 0.496. The molecule has 3 rings (SSSR count). The first-order valence-electron chi connectivity index (χ1n) is 9.20. The molecule has 0 bridgehead atoms. The molecule has 1 aromatic heterocycles. The van der Waals surface area contributed by atoms with Crippen LogP contribution in [0.2, 0.25) is 0 Å². The van der Waals surface area contributed by atoms with E-state index < -0.39 is 11.8 Å². The number of carbonyl (C=O) groups excluding carboxylic acids is 2. The molecule has 0 aliphatic heterocycles. The average molecular weight is 394 g/mol. The van der Waals surface area contributed by atoms with Crippen LogP contribution in [0.1, 0.15) is 34.6 Å². The van der Waals surface area contributed by atoms with E-state index in [2.05, 4.69) is 29.6 Å². The Hall–Kier alpha value is -3.81. The summed E-state index contributed by atoms with van der Waals surface area (Å²) in [4.78, 5) is 26.7. The van der Waals surface area contributed by atoms with E-state index >= 15 is 0 Å². The second kappa shape index (κ2) is 8.47. The van der Waals surface area contributed by atoms with Crippen LogP contribution in [0.15, 0.2) is 52.9 Å². The summed E-state index contributed by atoms with van der Waals surface area (Å²) in [7, 11) is 0. The molecule has 0 aliphatic carbocycles. The lowest BCUT2D eigenvalue weighted by Crippen LogP contribution is -2.43. The third kappa shape index (κ3) is 4.21. The van der Waals surface area contributed by atoms with E-state index in [9.17, 15) is 14.7 Å². The van der Waals surface area contributed by atoms with E-state index in [1.54, 1.807) is 12.1 Å². The third-order valence-corrected chi connectivity index (χ3v) is 4.57. The zero-order valence-electron chi connectivity index (χ0n) is 16.2. The van der Waals surface area contributed by atoms with Gasteiger partial charge in [-0.2, -0.15) is 0 Å². The summed E-state index contributed by atoms with van der Waals surface area (Å²) < 4.78 is 5.53. The highest BCUT2D eigenvalue weighted by Crippen LogP contribution is 2.22. The van der Waals surface area contributed by atoms with Crippen LogP contribution >= 0.6 is 0 Å². The van der Waals surface area contributed by atoms with Crippen LogP contribution in [0.3, 0.4) is 0 Å². The fraction of sp³-hybridized carbons (Fsp3) is 0.190. The Morgan fingerprint density at radius 1 is 1.00 bits per heavy atom. The van der Waals surface area contributed by atoms with Crippen LogP contribution < -0.4 is 21.3 Å². The molecule has 0 saturated heterocycles. The van der Waals surface area contributed by atoms with E-state index in [0.717, 1.165) is 18.8 Å². The average Bonchev–Trinajstić information content (AvgIpc) is 2.72. The van der Waals surface area contributed by atoms with Crippen molar-refractivity contribution in [1.29, 1.82) is 5.41 Å². The van der Waals surface area contributed by atoms with Gasteiger partial charge >= 0.3 is 0 Å². The smallest absolute Gasteiger partial charge is 0.275 e. The Balaban J connectivity index is 1.80. The van der Waals surface area contributed by atoms with E-state index in [-0.39, 0.29) is 22.4 Å². The van der Waals surface area contributed by atoms with Gasteiger partial charge in [0, 0.05) is 30.2 Å². The van der Waals surface area contributed by atoms with Gasteiger partial charge in [0.1, 0.15) is 16.9 Å². The van der Waals surface area contributed by atoms with Gasteiger partial charge in [-0.3, -0.25) is 25.8 Å². The predicted octanol–water partition coefficient (Wildman–Crippen LogP) is 2.54. The number of hydrazine groups is 1. The number of fused-ring (bicyclic) bond motifs is 1. The molecule has 0 unspecified atom stereocenters. The Morgan fingerprint density at radius 2 is 1.66 bits per heavy atom. The van der Waals surface area contributed by atoms with Crippen LogP contribution in [0.25, 0.3) is 11.0 Å². The standard InChI is InChI=1S/C21H22N4O4/c1-3-25(4-2)14-10-9-13-11-16(19(22)29-18(13)12-14)21(28)24-23-20(27)15-7-5-6-8-17(15)26/h5-12,22,26H,3-4H2,1-2H3,(H,23,27)(H,24,28). The molecular formula is C21H22N4O4. The molecule has 8 nitrogen and oxygen atoms in total. The van der Waals surface area contributed by atoms with Crippen LogP contribution in [0, 0.1) is 5.41 Å². The van der Waals surface area contributed by atoms with Gasteiger partial charge in [-0.05, 0) is 44.2 Å². The summed E-state index contributed by atoms with van der Waals surface area (Å²) in [5, 5.41) is 18.4. The normalized spacial score (nSPS) is 10.6. The Morgan fingerprint density at radius 3 is 2.31 bits per heavy atom. The van der Waals surface area contributed by atoms with Crippen molar-refractivity contribution in [2.45, 2.75) is 13.8 Å². The summed E-state index contributed by atoms with van der Waals surface area (Å²) in [6.45, 7) is 5.79. The highest BCUT2D eigenvalue weighted by molar-refractivity contribution is 6.01. The SMILES string of the molecule is CCN(CC)c1ccc2cc(C(=O)NNC(=O)c3ccccc3O)c(=N)oc2c1. The number of hydrogen-bond donors (Lipinski definition) is 4. The molecule has 0 fully saturated rings. The van der Waals surface area contributed by atoms with Gasteiger partial charge in [0.2, 0.25) is 5.55 Å². The molecule has 8 heteroatoms. The summed E-state index contributed by atoms with van der Waals surface area (Å²) in [5.74, 6) is -1.58. The monoisotopic (exact) mass is 394 g/mol. The number of aromatic hydroxyl groups is 1. The molecule has 150 valence electrons. The topological polar surface area (TPSA) is 119 Å². The lowest BCUT2D eigenvalue weighted by Gasteiger charge is -2.21. The first-order chi connectivity index (χ1) is 13.9. The van der Waals surface area contributed by atoms with Gasteiger partial charge < -0.3 is 14.4 Å². The van der Waals surface area contributed by atoms with Gasteiger partial charge in [-0.15, -0.1) is 0 Å². The fourth-order valence-electron chi connectivity index (χ4n) is 2.98. The van der Waals surface area contributed by atoms with E-state index in [0.29, 0.717) is 11.0 Å². The molecule has 0 radical (unpaired) electrons. The molecule has 0 spiro atoms. The minimum Gasteiger partial charge on any atom is -0.507 e. The number of para-hydroxylation sites is 1. The van der Waals surface area contributed by atoms with Crippen molar-refractivity contribution in [2.75, 3.05) is 18.0 Å². The molecule has 4 N–H and O–H groups in total. The largest absolute Gasteiger partial charge is 0.507 e. The van der Waals surface area contributed by atoms with E-state index in [1.807, 2.05) is 18.2 Å². The number of nitrogens with zero attached hydrogens (tertiary/aromatic N) is 1. The molecule has 0 saturated carbocycles. The fourth-order valence-corrected chi connectivity index (χ4v) is 2.98. The number of phenolic OH excluding ortho intramolecular Hbond substituents is 1. The van der Waals surface area contributed by atoms with Gasteiger partial charge in [0.05, 0.1) is 5.56 Å². The molecule has 3 aromatic rings. The summed E-state index contributed by atoms with van der Waals surface area (Å²) in [6.07, 6.45) is 0. The Labute approximate surface area is 167 Å². The molecule has 0 aliphatic rings. The number of rotatable bonds is 5. The number of hydrogen-bond acceptors (Lipinski definition) is 6. The van der Waals surface area contributed by atoms with Crippen molar-refractivity contribution >= 4 is 28.5 Å². The molecule has 2 amide bonds. The minimum absolute atomic E-state index is 0.0195. The molecular weight excluding hydrogens is 372 g/mol. The maximum atomic E-state index is 12.4. The predicted molar refractivity (Wildman–Crippen MR) is 109 cm³/mol. The molecule has 2 aromatic carbocycles. The van der Waals surface area contributed by atoms with Crippen molar-refractivity contribution in [3.63, 3.8) is 0 Å². The second-order valence-electron chi connectivity index (χ2n) is 6.31. The summed E-state index contributed by atoms with van der Waals surface area (Å²) in [6, 6.07) is 13.1. The second-order valence-corrected chi connectivity index (χ2v) is 6.31. The molecule has 1 heterocycles. The highest BCUT2D eigenvalue weighted by Gasteiger charge is 2.15. The Kier molecular flexibility index (Phi) is 5.82. The number of anilines is 1. The van der Waals surface area contributed by atoms with Crippen molar-refractivity contribution in [2.24, 2.45) is 0 Å². The zero-order chi connectivity index (χ0) is 21.0. The van der Waals surface area contributed by atoms with Crippen LogP contribution in [-0.4, -0.2) is 30.0 Å². The van der Waals surface area contributed by atoms with Crippen LogP contribution in [-0.2, 0) is 0 Å². The van der Waals surface area contributed by atoms with Gasteiger partial charge in [0.15, 0.2) is 0 Å². The summed E-state index contributed by atoms with van der Waals surface area (Å²) >= 11 is 0. The van der Waals surface area contributed by atoms with Crippen LogP contribution in [0.5, 0.6) is 5.75 Å². The number of carbonyl (C=O) groups is 2. The number of nitrogens with one attached hydrogen (secondary N) is 3. The maximum Gasteiger partial charge on any atom is 0.275 e. The van der Waals surface area contributed by atoms with Crippen LogP contribution in [0.4, 0.5) is 5.69 Å². The zero-order valence-corrected chi connectivity index (χ0v) is 16.2. The van der Waals surface area contributed by atoms with Crippen molar-refractivity contribution < 1.29 is 19.1 Å². The van der Waals surface area contributed by atoms with Crippen molar-refractivity contribution in [3.8, 4) is 5.75 Å². The maximum absolute atomic E-state index is 12.4. The first kappa shape index (κ1) is 19.9. The number of amides is 2. The highest BCUT2D eigenvalue weighted by atomic mass is 16.3. The number of phenols is 1.